The Labute approximate surface area is 193 Å². The van der Waals surface area contributed by atoms with E-state index in [9.17, 15) is 0 Å². The van der Waals surface area contributed by atoms with E-state index in [4.69, 9.17) is 0 Å². The first-order valence-corrected chi connectivity index (χ1v) is 19.4. The molecule has 0 bridgehead atoms. The van der Waals surface area contributed by atoms with E-state index in [0.29, 0.717) is 0 Å². The first kappa shape index (κ1) is 29.2. The molecule has 0 spiro atoms. The molecule has 0 unspecified atom stereocenters. The molecule has 0 aromatic rings. The topological polar surface area (TPSA) is 0 Å². The van der Waals surface area contributed by atoms with Gasteiger partial charge in [-0.15, -0.1) is 0 Å². The van der Waals surface area contributed by atoms with Crippen molar-refractivity contribution in [2.24, 2.45) is 0 Å². The van der Waals surface area contributed by atoms with Crippen molar-refractivity contribution >= 4 is 26.3 Å². The van der Waals surface area contributed by atoms with Crippen LogP contribution in [0.3, 0.4) is 0 Å². The second-order valence-electron chi connectivity index (χ2n) is 10.3. The van der Waals surface area contributed by atoms with Crippen LogP contribution >= 0.6 is 26.3 Å². The Balaban J connectivity index is 3.51. The van der Waals surface area contributed by atoms with Crippen molar-refractivity contribution in [3.8, 4) is 0 Å². The van der Waals surface area contributed by atoms with Gasteiger partial charge in [-0.1, -0.05) is 0 Å². The van der Waals surface area contributed by atoms with Gasteiger partial charge in [0.2, 0.25) is 0 Å². The zero-order valence-corrected chi connectivity index (χ0v) is 23.4. The Kier molecular flexibility index (Phi) is 19.7. The number of hydrogen-bond acceptors (Lipinski definition) is 0. The molecule has 28 heavy (non-hydrogen) atoms. The first-order chi connectivity index (χ1) is 13.4. The molecule has 0 amide bonds. The summed E-state index contributed by atoms with van der Waals surface area (Å²) in [6, 6.07) is 0. The van der Waals surface area contributed by atoms with Gasteiger partial charge in [-0.2, -0.15) is 0 Å². The molecular formula is C26H56IP. The van der Waals surface area contributed by atoms with Crippen molar-refractivity contribution in [2.75, 3.05) is 25.7 Å². The number of hydrogen-bond donors (Lipinski definition) is 0. The summed E-state index contributed by atoms with van der Waals surface area (Å²) in [6.45, 7) is 9.91. The van der Waals surface area contributed by atoms with Crippen molar-refractivity contribution in [1.82, 2.24) is 0 Å². The van der Waals surface area contributed by atoms with Crippen LogP contribution in [-0.2, 0) is 0 Å². The quantitative estimate of drug-likeness (QED) is 0.0748. The maximum absolute atomic E-state index is 2.91. The van der Waals surface area contributed by atoms with Gasteiger partial charge in [0.1, 0.15) is 0 Å². The Hall–Kier alpha value is 1.16. The Morgan fingerprint density at radius 1 is 0.393 bits per heavy atom. The fourth-order valence-corrected chi connectivity index (χ4v) is 8.95. The van der Waals surface area contributed by atoms with Gasteiger partial charge in [-0.25, -0.2) is 0 Å². The molecule has 0 radical (unpaired) electrons. The number of rotatable bonds is 22. The molecule has 0 aromatic heterocycles. The van der Waals surface area contributed by atoms with Gasteiger partial charge in [0.15, 0.2) is 0 Å². The summed E-state index contributed by atoms with van der Waals surface area (Å²) in [5.74, 6) is 0. The fraction of sp³-hybridized carbons (Fsp3) is 1.00. The van der Waals surface area contributed by atoms with Gasteiger partial charge in [0.25, 0.3) is 0 Å². The van der Waals surface area contributed by atoms with E-state index in [1.165, 1.54) is 141 Å². The Bertz CT molecular complexity index is 290. The van der Waals surface area contributed by atoms with Gasteiger partial charge in [-0.3, -0.25) is 0 Å². The minimum absolute atomic E-state index is 1.37. The average molecular weight is 527 g/mol. The monoisotopic (exact) mass is 526 g/mol. The molecule has 0 saturated heterocycles. The molecule has 0 heterocycles. The average Bonchev–Trinajstić information content (AvgIpc) is 2.64. The summed E-state index contributed by atoms with van der Waals surface area (Å²) in [5.41, 5.74) is 0. The van der Waals surface area contributed by atoms with Crippen LogP contribution in [0, 0.1) is 0 Å². The summed E-state index contributed by atoms with van der Waals surface area (Å²) in [7, 11) is 0. The summed E-state index contributed by atoms with van der Waals surface area (Å²) < 4.78 is -1.39. The predicted molar refractivity (Wildman–Crippen MR) is 146 cm³/mol. The van der Waals surface area contributed by atoms with Crippen molar-refractivity contribution in [3.05, 3.63) is 0 Å². The second-order valence-corrected chi connectivity index (χ2v) is 26.1. The molecule has 0 N–H and O–H groups in total. The molecule has 0 atom stereocenters. The minimum atomic E-state index is -1.39. The van der Waals surface area contributed by atoms with Crippen LogP contribution in [-0.4, -0.2) is 25.7 Å². The first-order valence-electron chi connectivity index (χ1n) is 13.1. The maximum atomic E-state index is 2.91. The van der Waals surface area contributed by atoms with Crippen LogP contribution in [0.1, 0.15) is 142 Å². The Morgan fingerprint density at radius 3 is 0.857 bits per heavy atom. The van der Waals surface area contributed by atoms with Crippen molar-refractivity contribution in [3.63, 3.8) is 0 Å². The van der Waals surface area contributed by atoms with Gasteiger partial charge in [0, 0.05) is 0 Å². The van der Waals surface area contributed by atoms with Gasteiger partial charge in [0.05, 0.1) is 0 Å². The Morgan fingerprint density at radius 2 is 0.607 bits per heavy atom. The predicted octanol–water partition coefficient (Wildman–Crippen LogP) is 11.0. The molecule has 0 fully saturated rings. The van der Waals surface area contributed by atoms with E-state index in [1.807, 2.05) is 0 Å². The van der Waals surface area contributed by atoms with Gasteiger partial charge in [-0.05, 0) is 0 Å². The second kappa shape index (κ2) is 18.9. The molecule has 0 nitrogen and oxygen atoms in total. The number of unbranched alkanes of at least 4 members (excludes halogenated alkanes) is 18. The van der Waals surface area contributed by atoms with Gasteiger partial charge < -0.3 is 0 Å². The molecular weight excluding hydrogens is 470 g/mol. The van der Waals surface area contributed by atoms with Crippen LogP contribution < -0.4 is 0 Å². The molecule has 0 saturated carbocycles. The van der Waals surface area contributed by atoms with E-state index >= 15 is 0 Å². The fourth-order valence-electron chi connectivity index (χ4n) is 4.29. The van der Waals surface area contributed by atoms with Crippen molar-refractivity contribution < 1.29 is 0 Å². The van der Waals surface area contributed by atoms with Crippen LogP contribution in [0.15, 0.2) is 0 Å². The summed E-state index contributed by atoms with van der Waals surface area (Å²) in [6.07, 6.45) is 32.3. The zero-order valence-electron chi connectivity index (χ0n) is 20.4. The number of halogens is 1. The summed E-state index contributed by atoms with van der Waals surface area (Å²) in [4.78, 5) is 0. The third-order valence-electron chi connectivity index (χ3n) is 6.40. The van der Waals surface area contributed by atoms with Crippen molar-refractivity contribution in [2.45, 2.75) is 142 Å². The molecule has 0 aliphatic heterocycles. The molecule has 0 rings (SSSR count). The third kappa shape index (κ3) is 21.9. The summed E-state index contributed by atoms with van der Waals surface area (Å²) >= 11 is 2.91. The van der Waals surface area contributed by atoms with Crippen LogP contribution in [0.5, 0.6) is 0 Å². The van der Waals surface area contributed by atoms with Crippen molar-refractivity contribution in [1.29, 1.82) is 0 Å². The molecule has 172 valence electrons. The van der Waals surface area contributed by atoms with Crippen LogP contribution in [0.4, 0.5) is 0 Å². The van der Waals surface area contributed by atoms with Crippen LogP contribution in [0.25, 0.3) is 0 Å². The summed E-state index contributed by atoms with van der Waals surface area (Å²) in [5, 5.41) is 0. The van der Waals surface area contributed by atoms with E-state index in [0.717, 1.165) is 0 Å². The third-order valence-corrected chi connectivity index (χ3v) is 12.7. The van der Waals surface area contributed by atoms with E-state index in [-0.39, 0.29) is 0 Å². The SMILES string of the molecule is CCCCCCCCCCCCP(C)(C)(I)CCCCCCCCCCCC. The standard InChI is InChI=1S/C26H56IP/c1-5-7-9-11-13-15-17-19-21-23-25-28(3,4,27)26-24-22-20-18-16-14-12-10-8-6-2/h5-26H2,1-4H3. The molecule has 0 aromatic carbocycles. The zero-order chi connectivity index (χ0) is 21.0. The molecule has 0 aliphatic rings. The van der Waals surface area contributed by atoms with Crippen LogP contribution in [0.2, 0.25) is 0 Å². The van der Waals surface area contributed by atoms with E-state index < -0.39 is 4.25 Å². The van der Waals surface area contributed by atoms with Gasteiger partial charge >= 0.3 is 194 Å². The van der Waals surface area contributed by atoms with E-state index in [1.54, 1.807) is 0 Å². The normalized spacial score (nSPS) is 13.5. The molecule has 0 aliphatic carbocycles. The van der Waals surface area contributed by atoms with E-state index in [2.05, 4.69) is 49.2 Å². The molecule has 2 heteroatoms.